The molecule has 0 amide bonds. The second-order valence-corrected chi connectivity index (χ2v) is 6.54. The summed E-state index contributed by atoms with van der Waals surface area (Å²) in [6.07, 6.45) is 5.88. The van der Waals surface area contributed by atoms with Crippen LogP contribution < -0.4 is 10.9 Å². The van der Waals surface area contributed by atoms with Crippen molar-refractivity contribution in [1.82, 2.24) is 9.55 Å². The number of carbonyl (C=O) groups excluding carboxylic acids is 1. The first-order valence-electron chi connectivity index (χ1n) is 7.62. The monoisotopic (exact) mass is 333 g/mol. The van der Waals surface area contributed by atoms with E-state index in [9.17, 15) is 9.59 Å². The Balaban J connectivity index is 2.12. The highest BCUT2D eigenvalue weighted by Crippen LogP contribution is 2.34. The minimum atomic E-state index is -0.407. The highest BCUT2D eigenvalue weighted by molar-refractivity contribution is 7.18. The number of aromatic nitrogens is 2. The molecular formula is C16H19N3O3S. The number of esters is 1. The van der Waals surface area contributed by atoms with Crippen molar-refractivity contribution >= 4 is 33.5 Å². The van der Waals surface area contributed by atoms with Gasteiger partial charge in [0, 0.05) is 11.4 Å². The molecule has 23 heavy (non-hydrogen) atoms. The molecule has 2 aromatic rings. The summed E-state index contributed by atoms with van der Waals surface area (Å²) in [4.78, 5) is 30.9. The predicted molar refractivity (Wildman–Crippen MR) is 91.2 cm³/mol. The van der Waals surface area contributed by atoms with Crippen LogP contribution in [-0.2, 0) is 28.9 Å². The number of hydrogen-bond acceptors (Lipinski definition) is 6. The lowest BCUT2D eigenvalue weighted by atomic mass is 9.97. The van der Waals surface area contributed by atoms with E-state index in [-0.39, 0.29) is 12.1 Å². The molecule has 6 nitrogen and oxygen atoms in total. The number of carbonyl (C=O) groups is 1. The summed E-state index contributed by atoms with van der Waals surface area (Å²) in [5.74, 6) is -0.0265. The van der Waals surface area contributed by atoms with Crippen LogP contribution in [0.3, 0.4) is 0 Å². The lowest BCUT2D eigenvalue weighted by Gasteiger charge is -2.13. The number of anilines is 1. The van der Waals surface area contributed by atoms with E-state index in [1.54, 1.807) is 17.4 Å². The second-order valence-electron chi connectivity index (χ2n) is 5.46. The molecule has 0 unspecified atom stereocenters. The summed E-state index contributed by atoms with van der Waals surface area (Å²) in [5.41, 5.74) is 1.09. The molecule has 0 saturated heterocycles. The third-order valence-electron chi connectivity index (χ3n) is 4.01. The number of nitrogens with zero attached hydrogens (tertiary/aromatic N) is 2. The Bertz CT molecular complexity index is 822. The standard InChI is InChI=1S/C16H19N3O3S/c1-3-8-19-15(21)13-10-6-4-5-7-11(10)23-14(13)18-16(19)17-9-12(20)22-2/h3H,1,4-9H2,2H3,(H,17,18). The number of rotatable bonds is 5. The number of hydrogen-bond donors (Lipinski definition) is 1. The van der Waals surface area contributed by atoms with Crippen LogP contribution in [-0.4, -0.2) is 29.2 Å². The number of aryl methyl sites for hydroxylation is 2. The Morgan fingerprint density at radius 2 is 2.26 bits per heavy atom. The van der Waals surface area contributed by atoms with Gasteiger partial charge in [0.25, 0.3) is 5.56 Å². The molecule has 0 bridgehead atoms. The van der Waals surface area contributed by atoms with Crippen LogP contribution in [0.2, 0.25) is 0 Å². The van der Waals surface area contributed by atoms with Crippen molar-refractivity contribution in [3.63, 3.8) is 0 Å². The lowest BCUT2D eigenvalue weighted by molar-refractivity contribution is -0.138. The highest BCUT2D eigenvalue weighted by atomic mass is 32.1. The number of thiophene rings is 1. The van der Waals surface area contributed by atoms with E-state index >= 15 is 0 Å². The molecule has 0 spiro atoms. The number of ether oxygens (including phenoxy) is 1. The van der Waals surface area contributed by atoms with E-state index in [1.165, 1.54) is 16.6 Å². The van der Waals surface area contributed by atoms with Gasteiger partial charge in [0.2, 0.25) is 5.95 Å². The molecule has 0 saturated carbocycles. The van der Waals surface area contributed by atoms with E-state index < -0.39 is 5.97 Å². The van der Waals surface area contributed by atoms with E-state index in [1.807, 2.05) is 0 Å². The van der Waals surface area contributed by atoms with Crippen molar-refractivity contribution in [2.75, 3.05) is 19.0 Å². The Hall–Kier alpha value is -2.15. The SMILES string of the molecule is C=CCn1c(NCC(=O)OC)nc2sc3c(c2c1=O)CCCC3. The number of methoxy groups -OCH3 is 1. The normalized spacial score (nSPS) is 13.6. The van der Waals surface area contributed by atoms with Crippen LogP contribution in [0.5, 0.6) is 0 Å². The fraction of sp³-hybridized carbons (Fsp3) is 0.438. The van der Waals surface area contributed by atoms with Gasteiger partial charge in [-0.25, -0.2) is 4.98 Å². The fourth-order valence-corrected chi connectivity index (χ4v) is 4.15. The molecule has 3 rings (SSSR count). The molecule has 1 aliphatic rings. The van der Waals surface area contributed by atoms with Gasteiger partial charge in [0.15, 0.2) is 0 Å². The van der Waals surface area contributed by atoms with Crippen LogP contribution in [0.4, 0.5) is 5.95 Å². The summed E-state index contributed by atoms with van der Waals surface area (Å²) in [7, 11) is 1.32. The van der Waals surface area contributed by atoms with Crippen molar-refractivity contribution in [1.29, 1.82) is 0 Å². The van der Waals surface area contributed by atoms with E-state index in [4.69, 9.17) is 0 Å². The van der Waals surface area contributed by atoms with Crippen LogP contribution in [0.25, 0.3) is 10.2 Å². The zero-order chi connectivity index (χ0) is 16.4. The van der Waals surface area contributed by atoms with Crippen molar-refractivity contribution in [3.8, 4) is 0 Å². The van der Waals surface area contributed by atoms with E-state index in [0.717, 1.165) is 41.5 Å². The van der Waals surface area contributed by atoms with Gasteiger partial charge in [0.1, 0.15) is 11.4 Å². The van der Waals surface area contributed by atoms with Gasteiger partial charge in [0.05, 0.1) is 12.5 Å². The first-order chi connectivity index (χ1) is 11.2. The Labute approximate surface area is 137 Å². The van der Waals surface area contributed by atoms with Gasteiger partial charge in [-0.2, -0.15) is 0 Å². The van der Waals surface area contributed by atoms with Crippen molar-refractivity contribution in [2.45, 2.75) is 32.2 Å². The predicted octanol–water partition coefficient (Wildman–Crippen LogP) is 2.11. The summed E-state index contributed by atoms with van der Waals surface area (Å²) in [5, 5.41) is 3.63. The van der Waals surface area contributed by atoms with Gasteiger partial charge in [-0.1, -0.05) is 6.08 Å². The molecule has 2 heterocycles. The molecule has 0 radical (unpaired) electrons. The smallest absolute Gasteiger partial charge is 0.325 e. The number of fused-ring (bicyclic) bond motifs is 3. The minimum Gasteiger partial charge on any atom is -0.468 e. The average Bonchev–Trinajstić information content (AvgIpc) is 2.94. The largest absolute Gasteiger partial charge is 0.468 e. The topological polar surface area (TPSA) is 73.2 Å². The first-order valence-corrected chi connectivity index (χ1v) is 8.44. The first kappa shape index (κ1) is 15.7. The average molecular weight is 333 g/mol. The Morgan fingerprint density at radius 3 is 3.00 bits per heavy atom. The molecule has 0 aromatic carbocycles. The van der Waals surface area contributed by atoms with E-state index in [2.05, 4.69) is 21.6 Å². The Morgan fingerprint density at radius 1 is 1.48 bits per heavy atom. The number of nitrogens with one attached hydrogen (secondary N) is 1. The van der Waals surface area contributed by atoms with Gasteiger partial charge >= 0.3 is 5.97 Å². The van der Waals surface area contributed by atoms with Crippen molar-refractivity contribution in [3.05, 3.63) is 33.4 Å². The minimum absolute atomic E-state index is 0.0311. The molecule has 122 valence electrons. The Kier molecular flexibility index (Phi) is 4.47. The molecule has 7 heteroatoms. The summed E-state index contributed by atoms with van der Waals surface area (Å²) in [6.45, 7) is 4.01. The lowest BCUT2D eigenvalue weighted by Crippen LogP contribution is -2.27. The van der Waals surface area contributed by atoms with Crippen LogP contribution >= 0.6 is 11.3 Å². The zero-order valence-corrected chi connectivity index (χ0v) is 13.9. The zero-order valence-electron chi connectivity index (χ0n) is 13.1. The molecule has 0 fully saturated rings. The third-order valence-corrected chi connectivity index (χ3v) is 5.19. The summed E-state index contributed by atoms with van der Waals surface area (Å²) in [6, 6.07) is 0. The molecular weight excluding hydrogens is 314 g/mol. The summed E-state index contributed by atoms with van der Waals surface area (Å²) >= 11 is 1.59. The van der Waals surface area contributed by atoms with Gasteiger partial charge in [-0.05, 0) is 31.2 Å². The quantitative estimate of drug-likeness (QED) is 0.670. The maximum absolute atomic E-state index is 12.9. The third kappa shape index (κ3) is 2.88. The maximum atomic E-state index is 12.9. The van der Waals surface area contributed by atoms with Crippen molar-refractivity contribution in [2.24, 2.45) is 0 Å². The molecule has 1 aliphatic carbocycles. The summed E-state index contributed by atoms with van der Waals surface area (Å²) < 4.78 is 6.15. The molecule has 1 N–H and O–H groups in total. The molecule has 0 aliphatic heterocycles. The maximum Gasteiger partial charge on any atom is 0.325 e. The fourth-order valence-electron chi connectivity index (χ4n) is 2.90. The van der Waals surface area contributed by atoms with Crippen LogP contribution in [0.1, 0.15) is 23.3 Å². The van der Waals surface area contributed by atoms with Crippen LogP contribution in [0.15, 0.2) is 17.4 Å². The molecule has 0 atom stereocenters. The van der Waals surface area contributed by atoms with E-state index in [0.29, 0.717) is 12.5 Å². The molecule has 2 aromatic heterocycles. The van der Waals surface area contributed by atoms with Gasteiger partial charge in [-0.15, -0.1) is 17.9 Å². The van der Waals surface area contributed by atoms with Gasteiger partial charge < -0.3 is 10.1 Å². The van der Waals surface area contributed by atoms with Gasteiger partial charge in [-0.3, -0.25) is 14.2 Å². The highest BCUT2D eigenvalue weighted by Gasteiger charge is 2.21. The van der Waals surface area contributed by atoms with Crippen LogP contribution in [0, 0.1) is 0 Å². The van der Waals surface area contributed by atoms with Crippen molar-refractivity contribution < 1.29 is 9.53 Å². The second kappa shape index (κ2) is 6.54. The number of allylic oxidation sites excluding steroid dienone is 1.